The van der Waals surface area contributed by atoms with E-state index in [1.165, 1.54) is 11.8 Å². The number of hydrogen-bond acceptors (Lipinski definition) is 2. The van der Waals surface area contributed by atoms with Gasteiger partial charge >= 0.3 is 5.97 Å². The van der Waals surface area contributed by atoms with Crippen molar-refractivity contribution in [3.8, 4) is 0 Å². The van der Waals surface area contributed by atoms with Gasteiger partial charge in [-0.3, -0.25) is 9.59 Å². The number of amides is 1. The second-order valence-corrected chi connectivity index (χ2v) is 4.97. The van der Waals surface area contributed by atoms with E-state index in [0.717, 1.165) is 18.2 Å². The average molecular weight is 269 g/mol. The van der Waals surface area contributed by atoms with Crippen molar-refractivity contribution in [3.05, 3.63) is 35.4 Å². The van der Waals surface area contributed by atoms with E-state index in [1.54, 1.807) is 0 Å². The maximum atomic E-state index is 13.5. The minimum absolute atomic E-state index is 0.00286. The van der Waals surface area contributed by atoms with Crippen LogP contribution in [0.4, 0.5) is 8.78 Å². The van der Waals surface area contributed by atoms with E-state index in [1.807, 2.05) is 0 Å². The van der Waals surface area contributed by atoms with Crippen molar-refractivity contribution in [1.82, 2.24) is 4.90 Å². The molecule has 1 N–H and O–H groups in total. The molecule has 0 aromatic heterocycles. The first kappa shape index (κ1) is 13.5. The zero-order valence-corrected chi connectivity index (χ0v) is 10.3. The number of aliphatic carboxylic acids is 1. The fourth-order valence-corrected chi connectivity index (χ4v) is 2.14. The Morgan fingerprint density at radius 3 is 2.63 bits per heavy atom. The second-order valence-electron chi connectivity index (χ2n) is 4.97. The van der Waals surface area contributed by atoms with Gasteiger partial charge in [0.15, 0.2) is 0 Å². The van der Waals surface area contributed by atoms with Gasteiger partial charge in [0, 0.05) is 13.1 Å². The SMILES string of the molecule is CC1(C(=O)O)CCN(C(=O)c2cc(F)ccc2F)C1. The van der Waals surface area contributed by atoms with Crippen LogP contribution in [0.2, 0.25) is 0 Å². The van der Waals surface area contributed by atoms with Crippen LogP contribution in [-0.4, -0.2) is 35.0 Å². The molecule has 1 aliphatic rings. The number of carbonyl (C=O) groups is 2. The minimum Gasteiger partial charge on any atom is -0.481 e. The van der Waals surface area contributed by atoms with Gasteiger partial charge in [-0.2, -0.15) is 0 Å². The Morgan fingerprint density at radius 1 is 1.37 bits per heavy atom. The number of rotatable bonds is 2. The molecular formula is C13H13F2NO3. The number of hydrogen-bond donors (Lipinski definition) is 1. The molecule has 1 atom stereocenters. The third-order valence-electron chi connectivity index (χ3n) is 3.44. The minimum atomic E-state index is -1.03. The summed E-state index contributed by atoms with van der Waals surface area (Å²) >= 11 is 0. The molecule has 4 nitrogen and oxygen atoms in total. The van der Waals surface area contributed by atoms with Gasteiger partial charge in [0.25, 0.3) is 5.91 Å². The van der Waals surface area contributed by atoms with Crippen LogP contribution in [0.1, 0.15) is 23.7 Å². The first-order valence-corrected chi connectivity index (χ1v) is 5.81. The molecule has 0 aliphatic carbocycles. The average Bonchev–Trinajstić information content (AvgIpc) is 2.76. The van der Waals surface area contributed by atoms with Crippen molar-refractivity contribution in [2.45, 2.75) is 13.3 Å². The molecule has 1 heterocycles. The molecule has 1 aromatic carbocycles. The Hall–Kier alpha value is -1.98. The summed E-state index contributed by atoms with van der Waals surface area (Å²) in [5.74, 6) is -3.19. The van der Waals surface area contributed by atoms with Gasteiger partial charge in [0.05, 0.1) is 11.0 Å². The highest BCUT2D eigenvalue weighted by Gasteiger charge is 2.42. The number of carboxylic acids is 1. The summed E-state index contributed by atoms with van der Waals surface area (Å²) in [6.07, 6.45) is 0.297. The predicted molar refractivity (Wildman–Crippen MR) is 62.6 cm³/mol. The van der Waals surface area contributed by atoms with Gasteiger partial charge in [-0.1, -0.05) is 0 Å². The van der Waals surface area contributed by atoms with E-state index in [2.05, 4.69) is 0 Å². The summed E-state index contributed by atoms with van der Waals surface area (Å²) in [7, 11) is 0. The van der Waals surface area contributed by atoms with Gasteiger partial charge in [-0.15, -0.1) is 0 Å². The first-order chi connectivity index (χ1) is 8.83. The third kappa shape index (κ3) is 2.43. The molecule has 1 aliphatic heterocycles. The summed E-state index contributed by atoms with van der Waals surface area (Å²) in [5.41, 5.74) is -1.39. The van der Waals surface area contributed by atoms with Crippen LogP contribution in [0.25, 0.3) is 0 Å². The molecule has 19 heavy (non-hydrogen) atoms. The lowest BCUT2D eigenvalue weighted by molar-refractivity contribution is -0.147. The Labute approximate surface area is 108 Å². The van der Waals surface area contributed by atoms with Crippen molar-refractivity contribution in [2.24, 2.45) is 5.41 Å². The Balaban J connectivity index is 2.22. The van der Waals surface area contributed by atoms with Crippen molar-refractivity contribution in [3.63, 3.8) is 0 Å². The van der Waals surface area contributed by atoms with Crippen molar-refractivity contribution in [1.29, 1.82) is 0 Å². The highest BCUT2D eigenvalue weighted by Crippen LogP contribution is 2.31. The summed E-state index contributed by atoms with van der Waals surface area (Å²) in [5, 5.41) is 9.07. The highest BCUT2D eigenvalue weighted by atomic mass is 19.1. The van der Waals surface area contributed by atoms with E-state index in [4.69, 9.17) is 5.11 Å². The normalized spacial score (nSPS) is 22.6. The fraction of sp³-hybridized carbons (Fsp3) is 0.385. The van der Waals surface area contributed by atoms with E-state index >= 15 is 0 Å². The highest BCUT2D eigenvalue weighted by molar-refractivity contribution is 5.95. The summed E-state index contributed by atoms with van der Waals surface area (Å²) in [6.45, 7) is 1.75. The van der Waals surface area contributed by atoms with Crippen LogP contribution >= 0.6 is 0 Å². The van der Waals surface area contributed by atoms with Gasteiger partial charge in [-0.25, -0.2) is 8.78 Å². The monoisotopic (exact) mass is 269 g/mol. The van der Waals surface area contributed by atoms with Crippen LogP contribution in [-0.2, 0) is 4.79 Å². The summed E-state index contributed by atoms with van der Waals surface area (Å²) < 4.78 is 26.5. The van der Waals surface area contributed by atoms with Crippen molar-refractivity contribution in [2.75, 3.05) is 13.1 Å². The molecule has 2 rings (SSSR count). The predicted octanol–water partition coefficient (Wildman–Crippen LogP) is 1.90. The van der Waals surface area contributed by atoms with Crippen molar-refractivity contribution < 1.29 is 23.5 Å². The van der Waals surface area contributed by atoms with E-state index in [0.29, 0.717) is 6.42 Å². The number of carboxylic acid groups (broad SMARTS) is 1. The van der Waals surface area contributed by atoms with E-state index in [9.17, 15) is 18.4 Å². The maximum Gasteiger partial charge on any atom is 0.311 e. The molecule has 1 fully saturated rings. The van der Waals surface area contributed by atoms with Gasteiger partial charge in [0.1, 0.15) is 11.6 Å². The maximum absolute atomic E-state index is 13.5. The van der Waals surface area contributed by atoms with Gasteiger partial charge < -0.3 is 10.0 Å². The lowest BCUT2D eigenvalue weighted by Crippen LogP contribution is -2.35. The molecule has 1 aromatic rings. The lowest BCUT2D eigenvalue weighted by Gasteiger charge is -2.20. The topological polar surface area (TPSA) is 57.6 Å². The molecule has 1 unspecified atom stereocenters. The molecule has 102 valence electrons. The molecule has 0 radical (unpaired) electrons. The van der Waals surface area contributed by atoms with Crippen molar-refractivity contribution >= 4 is 11.9 Å². The number of carbonyl (C=O) groups excluding carboxylic acids is 1. The van der Waals surface area contributed by atoms with Crippen LogP contribution in [0.15, 0.2) is 18.2 Å². The van der Waals surface area contributed by atoms with Gasteiger partial charge in [0.2, 0.25) is 0 Å². The Bertz CT molecular complexity index is 547. The van der Waals surface area contributed by atoms with Gasteiger partial charge in [-0.05, 0) is 31.5 Å². The van der Waals surface area contributed by atoms with Crippen LogP contribution in [0.3, 0.4) is 0 Å². The lowest BCUT2D eigenvalue weighted by atomic mass is 9.90. The number of benzene rings is 1. The molecular weight excluding hydrogens is 256 g/mol. The number of nitrogens with zero attached hydrogens (tertiary/aromatic N) is 1. The molecule has 0 bridgehead atoms. The number of likely N-dealkylation sites (tertiary alicyclic amines) is 1. The van der Waals surface area contributed by atoms with Crippen LogP contribution in [0, 0.1) is 17.0 Å². The third-order valence-corrected chi connectivity index (χ3v) is 3.44. The van der Waals surface area contributed by atoms with E-state index < -0.39 is 28.9 Å². The first-order valence-electron chi connectivity index (χ1n) is 5.81. The zero-order valence-electron chi connectivity index (χ0n) is 10.3. The number of halogens is 2. The smallest absolute Gasteiger partial charge is 0.311 e. The fourth-order valence-electron chi connectivity index (χ4n) is 2.14. The zero-order chi connectivity index (χ0) is 14.2. The molecule has 1 saturated heterocycles. The molecule has 1 amide bonds. The molecule has 0 spiro atoms. The summed E-state index contributed by atoms with van der Waals surface area (Å²) in [6, 6.07) is 2.64. The Morgan fingerprint density at radius 2 is 2.05 bits per heavy atom. The molecule has 6 heteroatoms. The molecule has 0 saturated carbocycles. The van der Waals surface area contributed by atoms with Crippen LogP contribution in [0.5, 0.6) is 0 Å². The largest absolute Gasteiger partial charge is 0.481 e. The van der Waals surface area contributed by atoms with E-state index in [-0.39, 0.29) is 18.7 Å². The standard InChI is InChI=1S/C13H13F2NO3/c1-13(12(18)19)4-5-16(7-13)11(17)9-6-8(14)2-3-10(9)15/h2-3,6H,4-5,7H2,1H3,(H,18,19). The second kappa shape index (κ2) is 4.60. The Kier molecular flexibility index (Phi) is 3.26. The quantitative estimate of drug-likeness (QED) is 0.892. The summed E-state index contributed by atoms with van der Waals surface area (Å²) in [4.78, 5) is 24.4. The van der Waals surface area contributed by atoms with Crippen LogP contribution < -0.4 is 0 Å².